The van der Waals surface area contributed by atoms with Crippen molar-refractivity contribution in [2.45, 2.75) is 83.0 Å². The molecule has 2 atom stereocenters. The van der Waals surface area contributed by atoms with Gasteiger partial charge in [0.2, 0.25) is 0 Å². The van der Waals surface area contributed by atoms with Crippen LogP contribution >= 0.6 is 0 Å². The zero-order chi connectivity index (χ0) is 24.0. The van der Waals surface area contributed by atoms with Crippen molar-refractivity contribution in [3.8, 4) is 11.1 Å². The summed E-state index contributed by atoms with van der Waals surface area (Å²) in [4.78, 5) is 11.4. The summed E-state index contributed by atoms with van der Waals surface area (Å²) in [6, 6.07) is 6.94. The first-order valence-corrected chi connectivity index (χ1v) is 11.9. The number of ether oxygens (including phenoxy) is 1. The molecular formula is C27H36FNO4. The van der Waals surface area contributed by atoms with Crippen LogP contribution in [0, 0.1) is 5.82 Å². The molecule has 5 nitrogen and oxygen atoms in total. The van der Waals surface area contributed by atoms with E-state index in [9.17, 15) is 19.4 Å². The van der Waals surface area contributed by atoms with E-state index in [2.05, 4.69) is 29.3 Å². The molecule has 180 valence electrons. The van der Waals surface area contributed by atoms with Crippen LogP contribution in [0.1, 0.15) is 82.0 Å². The number of benzene rings is 1. The lowest BCUT2D eigenvalue weighted by Crippen LogP contribution is -2.20. The SMILES string of the molecule is COC(=O)CC(O)CC(O)/C=C/c1c(-c2ccc(F)cc2)cn(C2CCCCC2)c1C(C)C. The molecule has 2 N–H and O–H groups in total. The number of methoxy groups -OCH3 is 1. The van der Waals surface area contributed by atoms with E-state index in [0.717, 1.165) is 29.5 Å². The highest BCUT2D eigenvalue weighted by Crippen LogP contribution is 2.39. The Labute approximate surface area is 195 Å². The van der Waals surface area contributed by atoms with Crippen LogP contribution in [0.3, 0.4) is 0 Å². The number of rotatable bonds is 9. The third-order valence-electron chi connectivity index (χ3n) is 6.41. The Kier molecular flexibility index (Phi) is 8.87. The second-order valence-electron chi connectivity index (χ2n) is 9.30. The first kappa shape index (κ1) is 25.2. The van der Waals surface area contributed by atoms with Crippen molar-refractivity contribution in [2.24, 2.45) is 0 Å². The van der Waals surface area contributed by atoms with E-state index in [4.69, 9.17) is 0 Å². The fraction of sp³-hybridized carbons (Fsp3) is 0.519. The van der Waals surface area contributed by atoms with E-state index in [1.54, 1.807) is 18.2 Å². The highest BCUT2D eigenvalue weighted by molar-refractivity contribution is 5.77. The van der Waals surface area contributed by atoms with Gasteiger partial charge in [0.15, 0.2) is 0 Å². The molecular weight excluding hydrogens is 421 g/mol. The molecule has 1 saturated carbocycles. The van der Waals surface area contributed by atoms with Gasteiger partial charge in [-0.1, -0.05) is 57.4 Å². The molecule has 2 unspecified atom stereocenters. The number of aliphatic hydroxyl groups is 2. The van der Waals surface area contributed by atoms with E-state index < -0.39 is 18.2 Å². The fourth-order valence-electron chi connectivity index (χ4n) is 4.78. The number of hydrogen-bond donors (Lipinski definition) is 2. The first-order chi connectivity index (χ1) is 15.8. The Morgan fingerprint density at radius 3 is 2.45 bits per heavy atom. The monoisotopic (exact) mass is 457 g/mol. The van der Waals surface area contributed by atoms with Gasteiger partial charge < -0.3 is 19.5 Å². The Balaban J connectivity index is 1.96. The van der Waals surface area contributed by atoms with E-state index in [-0.39, 0.29) is 24.6 Å². The minimum atomic E-state index is -0.981. The predicted molar refractivity (Wildman–Crippen MR) is 128 cm³/mol. The van der Waals surface area contributed by atoms with Crippen LogP contribution in [0.5, 0.6) is 0 Å². The number of carbonyl (C=O) groups excluding carboxylic acids is 1. The van der Waals surface area contributed by atoms with Gasteiger partial charge in [-0.05, 0) is 36.5 Å². The van der Waals surface area contributed by atoms with Crippen molar-refractivity contribution in [3.63, 3.8) is 0 Å². The van der Waals surface area contributed by atoms with Crippen molar-refractivity contribution in [2.75, 3.05) is 7.11 Å². The maximum Gasteiger partial charge on any atom is 0.308 e. The van der Waals surface area contributed by atoms with Gasteiger partial charge >= 0.3 is 5.97 Å². The molecule has 3 rings (SSSR count). The van der Waals surface area contributed by atoms with E-state index in [1.165, 1.54) is 44.2 Å². The molecule has 0 saturated heterocycles. The molecule has 1 aliphatic carbocycles. The predicted octanol–water partition coefficient (Wildman–Crippen LogP) is 5.61. The maximum atomic E-state index is 13.6. The number of nitrogens with zero attached hydrogens (tertiary/aromatic N) is 1. The lowest BCUT2D eigenvalue weighted by Gasteiger charge is -2.27. The molecule has 1 aromatic carbocycles. The summed E-state index contributed by atoms with van der Waals surface area (Å²) in [5, 5.41) is 20.6. The number of halogens is 1. The second-order valence-corrected chi connectivity index (χ2v) is 9.30. The van der Waals surface area contributed by atoms with Crippen molar-refractivity contribution in [1.29, 1.82) is 0 Å². The van der Waals surface area contributed by atoms with Gasteiger partial charge in [0.25, 0.3) is 0 Å². The van der Waals surface area contributed by atoms with Crippen molar-refractivity contribution < 1.29 is 24.1 Å². The summed E-state index contributed by atoms with van der Waals surface area (Å²) in [5.41, 5.74) is 4.12. The quantitative estimate of drug-likeness (QED) is 0.480. The van der Waals surface area contributed by atoms with Crippen molar-refractivity contribution in [3.05, 3.63) is 53.6 Å². The average Bonchev–Trinajstić information content (AvgIpc) is 3.18. The van der Waals surface area contributed by atoms with Gasteiger partial charge in [0.05, 0.1) is 25.7 Å². The Morgan fingerprint density at radius 1 is 1.18 bits per heavy atom. The zero-order valence-electron chi connectivity index (χ0n) is 19.8. The van der Waals surface area contributed by atoms with E-state index in [1.807, 2.05) is 6.08 Å². The molecule has 1 aromatic heterocycles. The lowest BCUT2D eigenvalue weighted by atomic mass is 9.94. The summed E-state index contributed by atoms with van der Waals surface area (Å²) >= 11 is 0. The molecule has 0 aliphatic heterocycles. The molecule has 0 spiro atoms. The number of aliphatic hydroxyl groups excluding tert-OH is 2. The number of hydrogen-bond acceptors (Lipinski definition) is 4. The molecule has 1 heterocycles. The summed E-state index contributed by atoms with van der Waals surface area (Å²) < 4.78 is 20.6. The Hall–Kier alpha value is -2.44. The Morgan fingerprint density at radius 2 is 1.85 bits per heavy atom. The minimum Gasteiger partial charge on any atom is -0.469 e. The van der Waals surface area contributed by atoms with Crippen LogP contribution < -0.4 is 0 Å². The summed E-state index contributed by atoms with van der Waals surface area (Å²) in [5.74, 6) is -0.534. The number of carbonyl (C=O) groups is 1. The van der Waals surface area contributed by atoms with Gasteiger partial charge in [-0.15, -0.1) is 0 Å². The molecule has 1 fully saturated rings. The topological polar surface area (TPSA) is 71.7 Å². The molecule has 33 heavy (non-hydrogen) atoms. The minimum absolute atomic E-state index is 0.0395. The normalized spacial score (nSPS) is 16.9. The summed E-state index contributed by atoms with van der Waals surface area (Å²) in [6.07, 6.45) is 9.73. The molecule has 2 aromatic rings. The van der Waals surface area contributed by atoms with Crippen LogP contribution in [-0.2, 0) is 9.53 Å². The average molecular weight is 458 g/mol. The molecule has 0 bridgehead atoms. The summed E-state index contributed by atoms with van der Waals surface area (Å²) in [7, 11) is 1.27. The largest absolute Gasteiger partial charge is 0.469 e. The lowest BCUT2D eigenvalue weighted by molar-refractivity contribution is -0.143. The van der Waals surface area contributed by atoms with Gasteiger partial charge in [0, 0.05) is 35.5 Å². The van der Waals surface area contributed by atoms with Gasteiger partial charge in [-0.25, -0.2) is 4.39 Å². The second kappa shape index (κ2) is 11.6. The van der Waals surface area contributed by atoms with Crippen LogP contribution in [-0.4, -0.2) is 40.1 Å². The van der Waals surface area contributed by atoms with Crippen LogP contribution in [0.25, 0.3) is 17.2 Å². The van der Waals surface area contributed by atoms with Gasteiger partial charge in [-0.2, -0.15) is 0 Å². The molecule has 0 amide bonds. The molecule has 6 heteroatoms. The maximum absolute atomic E-state index is 13.6. The van der Waals surface area contributed by atoms with Crippen molar-refractivity contribution >= 4 is 12.0 Å². The third kappa shape index (κ3) is 6.55. The van der Waals surface area contributed by atoms with E-state index >= 15 is 0 Å². The fourth-order valence-corrected chi connectivity index (χ4v) is 4.78. The van der Waals surface area contributed by atoms with Gasteiger partial charge in [0.1, 0.15) is 5.82 Å². The van der Waals surface area contributed by atoms with Crippen LogP contribution in [0.4, 0.5) is 4.39 Å². The van der Waals surface area contributed by atoms with E-state index in [0.29, 0.717) is 6.04 Å². The highest BCUT2D eigenvalue weighted by atomic mass is 19.1. The molecule has 1 aliphatic rings. The van der Waals surface area contributed by atoms with Crippen molar-refractivity contribution in [1.82, 2.24) is 4.57 Å². The first-order valence-electron chi connectivity index (χ1n) is 11.9. The van der Waals surface area contributed by atoms with Crippen LogP contribution in [0.15, 0.2) is 36.5 Å². The number of aromatic nitrogens is 1. The Bertz CT molecular complexity index is 942. The van der Waals surface area contributed by atoms with Crippen LogP contribution in [0.2, 0.25) is 0 Å². The highest BCUT2D eigenvalue weighted by Gasteiger charge is 2.24. The zero-order valence-corrected chi connectivity index (χ0v) is 19.8. The van der Waals surface area contributed by atoms with Gasteiger partial charge in [-0.3, -0.25) is 4.79 Å². The number of esters is 1. The summed E-state index contributed by atoms with van der Waals surface area (Å²) in [6.45, 7) is 4.33. The smallest absolute Gasteiger partial charge is 0.308 e. The standard InChI is InChI=1S/C27H36FNO4/c1-18(2)27-24(14-13-22(30)15-23(31)16-26(32)33-3)25(19-9-11-20(28)12-10-19)17-29(27)21-7-5-4-6-8-21/h9-14,17-18,21-23,30-31H,4-8,15-16H2,1-3H3/b14-13+. The third-order valence-corrected chi connectivity index (χ3v) is 6.41. The molecule has 0 radical (unpaired) electrons.